The van der Waals surface area contributed by atoms with Crippen molar-refractivity contribution in [2.75, 3.05) is 13.2 Å². The van der Waals surface area contributed by atoms with Crippen molar-refractivity contribution in [1.82, 2.24) is 0 Å². The minimum Gasteiger partial charge on any atom is -0.465 e. The summed E-state index contributed by atoms with van der Waals surface area (Å²) in [7, 11) is 0. The number of rotatable bonds is 4. The first-order valence-electron chi connectivity index (χ1n) is 7.74. The molecule has 1 atom stereocenters. The average molecular weight is 292 g/mol. The van der Waals surface area contributed by atoms with E-state index in [1.807, 2.05) is 0 Å². The number of hydrogen-bond acceptors (Lipinski definition) is 4. The van der Waals surface area contributed by atoms with Crippen LogP contribution in [-0.2, 0) is 19.1 Å². The Morgan fingerprint density at radius 3 is 2.43 bits per heavy atom. The Morgan fingerprint density at radius 1 is 1.24 bits per heavy atom. The van der Waals surface area contributed by atoms with Crippen LogP contribution in [0.4, 0.5) is 0 Å². The average Bonchev–Trinajstić information content (AvgIpc) is 2.77. The summed E-state index contributed by atoms with van der Waals surface area (Å²) in [5, 5.41) is 0. The summed E-state index contributed by atoms with van der Waals surface area (Å²) < 4.78 is 10.4. The Kier molecular flexibility index (Phi) is 4.86. The van der Waals surface area contributed by atoms with Crippen LogP contribution in [0.2, 0.25) is 0 Å². The Balaban J connectivity index is 2.37. The van der Waals surface area contributed by atoms with Crippen LogP contribution >= 0.6 is 0 Å². The van der Waals surface area contributed by atoms with Gasteiger partial charge in [-0.2, -0.15) is 0 Å². The van der Waals surface area contributed by atoms with Crippen LogP contribution in [0, 0.1) is 11.3 Å². The molecule has 0 saturated heterocycles. The van der Waals surface area contributed by atoms with Gasteiger partial charge in [-0.05, 0) is 52.4 Å². The van der Waals surface area contributed by atoms with Gasteiger partial charge in [-0.25, -0.2) is 0 Å². The standard InChI is InChI=1S/C17H24O4/c1-4-20-15(18)17(16(19)21-5-2)10-13-9-7-6-8-12(3)14(13)11-17/h7,9,13H,4-6,8,10-11H2,1-3H3. The molecule has 0 spiro atoms. The second-order valence-electron chi connectivity index (χ2n) is 5.78. The van der Waals surface area contributed by atoms with Crippen molar-refractivity contribution in [3.63, 3.8) is 0 Å². The first kappa shape index (κ1) is 15.8. The maximum Gasteiger partial charge on any atom is 0.323 e. The third kappa shape index (κ3) is 2.89. The van der Waals surface area contributed by atoms with Crippen LogP contribution in [0.5, 0.6) is 0 Å². The van der Waals surface area contributed by atoms with Gasteiger partial charge in [-0.3, -0.25) is 9.59 Å². The monoisotopic (exact) mass is 292 g/mol. The molecule has 1 unspecified atom stereocenters. The quantitative estimate of drug-likeness (QED) is 0.454. The minimum absolute atomic E-state index is 0.154. The molecule has 116 valence electrons. The molecule has 0 N–H and O–H groups in total. The molecule has 21 heavy (non-hydrogen) atoms. The Bertz CT molecular complexity index is 469. The molecule has 0 aliphatic heterocycles. The van der Waals surface area contributed by atoms with Gasteiger partial charge in [0.2, 0.25) is 0 Å². The van der Waals surface area contributed by atoms with Gasteiger partial charge in [-0.15, -0.1) is 0 Å². The lowest BCUT2D eigenvalue weighted by Crippen LogP contribution is -2.40. The van der Waals surface area contributed by atoms with E-state index in [1.54, 1.807) is 13.8 Å². The zero-order chi connectivity index (χ0) is 15.5. The van der Waals surface area contributed by atoms with Gasteiger partial charge in [0.15, 0.2) is 5.41 Å². The highest BCUT2D eigenvalue weighted by molar-refractivity contribution is 6.01. The normalized spacial score (nSPS) is 23.5. The summed E-state index contributed by atoms with van der Waals surface area (Å²) in [5.41, 5.74) is 1.35. The first-order chi connectivity index (χ1) is 10.0. The van der Waals surface area contributed by atoms with Gasteiger partial charge in [0.1, 0.15) is 0 Å². The van der Waals surface area contributed by atoms with Crippen LogP contribution in [0.25, 0.3) is 0 Å². The smallest absolute Gasteiger partial charge is 0.323 e. The summed E-state index contributed by atoms with van der Waals surface area (Å²) in [6.45, 7) is 6.17. The van der Waals surface area contributed by atoms with E-state index in [0.29, 0.717) is 12.8 Å². The fourth-order valence-corrected chi connectivity index (χ4v) is 3.33. The lowest BCUT2D eigenvalue weighted by molar-refractivity contribution is -0.171. The van der Waals surface area contributed by atoms with Crippen LogP contribution in [0.1, 0.15) is 46.5 Å². The van der Waals surface area contributed by atoms with Gasteiger partial charge in [0, 0.05) is 0 Å². The molecule has 0 bridgehead atoms. The van der Waals surface area contributed by atoms with E-state index in [-0.39, 0.29) is 19.1 Å². The summed E-state index contributed by atoms with van der Waals surface area (Å²) in [4.78, 5) is 24.9. The number of allylic oxidation sites excluding steroid dienone is 4. The van der Waals surface area contributed by atoms with Crippen molar-refractivity contribution in [2.24, 2.45) is 11.3 Å². The number of hydrogen-bond donors (Lipinski definition) is 0. The summed E-state index contributed by atoms with van der Waals surface area (Å²) in [6, 6.07) is 0. The maximum atomic E-state index is 12.4. The molecule has 0 radical (unpaired) electrons. The molecule has 0 aromatic heterocycles. The highest BCUT2D eigenvalue weighted by Crippen LogP contribution is 2.50. The van der Waals surface area contributed by atoms with Crippen molar-refractivity contribution < 1.29 is 19.1 Å². The molecule has 2 rings (SSSR count). The predicted octanol–water partition coefficient (Wildman–Crippen LogP) is 3.18. The van der Waals surface area contributed by atoms with E-state index in [1.165, 1.54) is 11.1 Å². The van der Waals surface area contributed by atoms with Crippen LogP contribution in [0.15, 0.2) is 23.3 Å². The van der Waals surface area contributed by atoms with Gasteiger partial charge >= 0.3 is 11.9 Å². The Hall–Kier alpha value is -1.58. The fourth-order valence-electron chi connectivity index (χ4n) is 3.33. The number of esters is 2. The SMILES string of the molecule is CCOC(=O)C1(C(=O)OCC)CC2=C(C)CCC=CC2C1. The number of carbonyl (C=O) groups excluding carboxylic acids is 2. The highest BCUT2D eigenvalue weighted by atomic mass is 16.6. The number of carbonyl (C=O) groups is 2. The molecule has 0 aromatic rings. The molecule has 4 heteroatoms. The minimum atomic E-state index is -1.16. The van der Waals surface area contributed by atoms with E-state index in [2.05, 4.69) is 19.1 Å². The second kappa shape index (κ2) is 6.46. The lowest BCUT2D eigenvalue weighted by atomic mass is 9.84. The van der Waals surface area contributed by atoms with E-state index in [4.69, 9.17) is 9.47 Å². The van der Waals surface area contributed by atoms with Gasteiger partial charge in [0.25, 0.3) is 0 Å². The molecule has 1 saturated carbocycles. The summed E-state index contributed by atoms with van der Waals surface area (Å²) in [5.74, 6) is -0.725. The molecule has 1 fully saturated rings. The van der Waals surface area contributed by atoms with E-state index in [0.717, 1.165) is 12.8 Å². The highest BCUT2D eigenvalue weighted by Gasteiger charge is 2.55. The van der Waals surface area contributed by atoms with Crippen molar-refractivity contribution in [1.29, 1.82) is 0 Å². The number of fused-ring (bicyclic) bond motifs is 1. The van der Waals surface area contributed by atoms with Gasteiger partial charge < -0.3 is 9.47 Å². The van der Waals surface area contributed by atoms with Crippen molar-refractivity contribution in [3.05, 3.63) is 23.3 Å². The zero-order valence-corrected chi connectivity index (χ0v) is 13.1. The molecular formula is C17H24O4. The predicted molar refractivity (Wildman–Crippen MR) is 79.5 cm³/mol. The van der Waals surface area contributed by atoms with Crippen LogP contribution in [-0.4, -0.2) is 25.2 Å². The second-order valence-corrected chi connectivity index (χ2v) is 5.78. The lowest BCUT2D eigenvalue weighted by Gasteiger charge is -2.24. The third-order valence-electron chi connectivity index (χ3n) is 4.44. The third-order valence-corrected chi connectivity index (χ3v) is 4.44. The van der Waals surface area contributed by atoms with Crippen molar-refractivity contribution in [2.45, 2.75) is 46.5 Å². The first-order valence-corrected chi connectivity index (χ1v) is 7.74. The maximum absolute atomic E-state index is 12.4. The topological polar surface area (TPSA) is 52.6 Å². The van der Waals surface area contributed by atoms with Gasteiger partial charge in [-0.1, -0.05) is 23.3 Å². The van der Waals surface area contributed by atoms with Crippen molar-refractivity contribution in [3.8, 4) is 0 Å². The summed E-state index contributed by atoms with van der Waals surface area (Å²) in [6.07, 6.45) is 7.20. The molecule has 4 nitrogen and oxygen atoms in total. The summed E-state index contributed by atoms with van der Waals surface area (Å²) >= 11 is 0. The van der Waals surface area contributed by atoms with Crippen LogP contribution < -0.4 is 0 Å². The molecule has 0 aromatic carbocycles. The number of ether oxygens (including phenoxy) is 2. The molecule has 0 heterocycles. The van der Waals surface area contributed by atoms with Crippen LogP contribution in [0.3, 0.4) is 0 Å². The molecular weight excluding hydrogens is 268 g/mol. The Morgan fingerprint density at radius 2 is 1.86 bits per heavy atom. The fraction of sp³-hybridized carbons (Fsp3) is 0.647. The molecule has 0 amide bonds. The zero-order valence-electron chi connectivity index (χ0n) is 13.1. The van der Waals surface area contributed by atoms with Gasteiger partial charge in [0.05, 0.1) is 13.2 Å². The Labute approximate surface area is 126 Å². The van der Waals surface area contributed by atoms with Crippen molar-refractivity contribution >= 4 is 11.9 Å². The van der Waals surface area contributed by atoms with E-state index in [9.17, 15) is 9.59 Å². The van der Waals surface area contributed by atoms with E-state index < -0.39 is 17.4 Å². The molecule has 2 aliphatic carbocycles. The van der Waals surface area contributed by atoms with E-state index >= 15 is 0 Å². The largest absolute Gasteiger partial charge is 0.465 e. The molecule has 2 aliphatic rings.